The van der Waals surface area contributed by atoms with E-state index in [0.29, 0.717) is 16.5 Å². The van der Waals surface area contributed by atoms with Crippen LogP contribution in [0.3, 0.4) is 0 Å². The number of hydrogen-bond donors (Lipinski definition) is 1. The summed E-state index contributed by atoms with van der Waals surface area (Å²) in [7, 11) is 0. The van der Waals surface area contributed by atoms with Gasteiger partial charge in [-0.25, -0.2) is 0 Å². The molecule has 0 aromatic heterocycles. The van der Waals surface area contributed by atoms with E-state index in [0.717, 1.165) is 11.1 Å². The minimum atomic E-state index is -0.563. The maximum Gasteiger partial charge on any atom is 0.0830 e. The first-order valence-electron chi connectivity index (χ1n) is 5.34. The Kier molecular flexibility index (Phi) is 4.06. The van der Waals surface area contributed by atoms with Crippen molar-refractivity contribution in [2.24, 2.45) is 0 Å². The zero-order valence-corrected chi connectivity index (χ0v) is 10.6. The Labute approximate surface area is 111 Å². The molecule has 1 unspecified atom stereocenters. The highest BCUT2D eigenvalue weighted by atomic mass is 35.5. The number of aliphatic hydroxyl groups excluding tert-OH is 1. The van der Waals surface area contributed by atoms with Gasteiger partial charge in [-0.2, -0.15) is 0 Å². The molecule has 1 N–H and O–H groups in total. The molecule has 2 aromatic rings. The van der Waals surface area contributed by atoms with E-state index in [9.17, 15) is 5.11 Å². The first kappa shape index (κ1) is 12.4. The molecule has 0 radical (unpaired) electrons. The summed E-state index contributed by atoms with van der Waals surface area (Å²) >= 11 is 12.0. The van der Waals surface area contributed by atoms with E-state index in [-0.39, 0.29) is 0 Å². The van der Waals surface area contributed by atoms with Gasteiger partial charge >= 0.3 is 0 Å². The third kappa shape index (κ3) is 3.01. The summed E-state index contributed by atoms with van der Waals surface area (Å²) in [6.07, 6.45) is -0.101. The first-order valence-corrected chi connectivity index (χ1v) is 6.10. The van der Waals surface area contributed by atoms with Crippen LogP contribution in [0.1, 0.15) is 17.2 Å². The Morgan fingerprint density at radius 3 is 2.35 bits per heavy atom. The quantitative estimate of drug-likeness (QED) is 0.880. The fourth-order valence-electron chi connectivity index (χ4n) is 1.71. The van der Waals surface area contributed by atoms with Crippen LogP contribution in [0.25, 0.3) is 0 Å². The van der Waals surface area contributed by atoms with E-state index in [1.54, 1.807) is 6.07 Å². The molecule has 0 fully saturated rings. The molecule has 0 bridgehead atoms. The summed E-state index contributed by atoms with van der Waals surface area (Å²) in [6.45, 7) is 0. The summed E-state index contributed by atoms with van der Waals surface area (Å²) in [5, 5.41) is 11.1. The molecule has 1 atom stereocenters. The van der Waals surface area contributed by atoms with Crippen LogP contribution in [0.5, 0.6) is 0 Å². The highest BCUT2D eigenvalue weighted by Crippen LogP contribution is 2.29. The lowest BCUT2D eigenvalue weighted by atomic mass is 10.0. The molecule has 0 saturated carbocycles. The van der Waals surface area contributed by atoms with Gasteiger partial charge in [-0.3, -0.25) is 0 Å². The van der Waals surface area contributed by atoms with Crippen LogP contribution >= 0.6 is 23.2 Å². The summed E-state index contributed by atoms with van der Waals surface area (Å²) in [5.41, 5.74) is 1.74. The molecule has 2 aromatic carbocycles. The Morgan fingerprint density at radius 2 is 1.65 bits per heavy atom. The third-order valence-corrected chi connectivity index (χ3v) is 3.49. The number of aliphatic hydroxyl groups is 1. The molecule has 0 saturated heterocycles. The van der Waals surface area contributed by atoms with Crippen LogP contribution in [0, 0.1) is 0 Å². The van der Waals surface area contributed by atoms with Crippen molar-refractivity contribution >= 4 is 23.2 Å². The summed E-state index contributed by atoms with van der Waals surface area (Å²) in [4.78, 5) is 0. The third-order valence-electron chi connectivity index (χ3n) is 2.63. The van der Waals surface area contributed by atoms with E-state index in [4.69, 9.17) is 23.2 Å². The lowest BCUT2D eigenvalue weighted by Gasteiger charge is -2.12. The van der Waals surface area contributed by atoms with E-state index in [2.05, 4.69) is 0 Å². The van der Waals surface area contributed by atoms with Gasteiger partial charge in [-0.05, 0) is 17.2 Å². The molecule has 0 spiro atoms. The molecule has 17 heavy (non-hydrogen) atoms. The van der Waals surface area contributed by atoms with E-state index >= 15 is 0 Å². The van der Waals surface area contributed by atoms with E-state index in [1.165, 1.54) is 0 Å². The van der Waals surface area contributed by atoms with Crippen molar-refractivity contribution in [3.63, 3.8) is 0 Å². The second kappa shape index (κ2) is 5.54. The van der Waals surface area contributed by atoms with Gasteiger partial charge in [0.25, 0.3) is 0 Å². The average Bonchev–Trinajstić information content (AvgIpc) is 2.36. The van der Waals surface area contributed by atoms with Gasteiger partial charge in [-0.1, -0.05) is 65.7 Å². The molecular weight excluding hydrogens is 255 g/mol. The summed E-state index contributed by atoms with van der Waals surface area (Å²) < 4.78 is 0. The van der Waals surface area contributed by atoms with Crippen LogP contribution in [0.2, 0.25) is 10.0 Å². The van der Waals surface area contributed by atoms with Crippen molar-refractivity contribution in [1.82, 2.24) is 0 Å². The molecule has 3 heteroatoms. The molecule has 0 aliphatic rings. The minimum Gasteiger partial charge on any atom is -0.388 e. The van der Waals surface area contributed by atoms with E-state index < -0.39 is 6.10 Å². The summed E-state index contributed by atoms with van der Waals surface area (Å²) in [5.74, 6) is 0. The SMILES string of the molecule is OC(Cc1cccc(Cl)c1Cl)c1ccccc1. The number of halogens is 2. The fourth-order valence-corrected chi connectivity index (χ4v) is 2.10. The Hall–Kier alpha value is -1.02. The molecule has 0 heterocycles. The number of benzene rings is 2. The zero-order valence-electron chi connectivity index (χ0n) is 9.11. The molecule has 2 rings (SSSR count). The van der Waals surface area contributed by atoms with Crippen LogP contribution in [-0.4, -0.2) is 5.11 Å². The Morgan fingerprint density at radius 1 is 0.941 bits per heavy atom. The molecule has 0 aliphatic carbocycles. The number of rotatable bonds is 3. The molecule has 0 amide bonds. The Balaban J connectivity index is 2.19. The van der Waals surface area contributed by atoms with Crippen molar-refractivity contribution in [2.75, 3.05) is 0 Å². The predicted octanol–water partition coefficient (Wildman–Crippen LogP) is 4.27. The molecule has 0 aliphatic heterocycles. The number of hydrogen-bond acceptors (Lipinski definition) is 1. The lowest BCUT2D eigenvalue weighted by molar-refractivity contribution is 0.178. The van der Waals surface area contributed by atoms with Gasteiger partial charge in [-0.15, -0.1) is 0 Å². The van der Waals surface area contributed by atoms with Crippen molar-refractivity contribution in [3.8, 4) is 0 Å². The largest absolute Gasteiger partial charge is 0.388 e. The second-order valence-corrected chi connectivity index (χ2v) is 4.63. The van der Waals surface area contributed by atoms with Crippen LogP contribution in [0.15, 0.2) is 48.5 Å². The molecule has 88 valence electrons. The maximum atomic E-state index is 10.1. The molecule has 1 nitrogen and oxygen atoms in total. The van der Waals surface area contributed by atoms with Crippen molar-refractivity contribution < 1.29 is 5.11 Å². The minimum absolute atomic E-state index is 0.462. The monoisotopic (exact) mass is 266 g/mol. The highest BCUT2D eigenvalue weighted by Gasteiger charge is 2.11. The van der Waals surface area contributed by atoms with E-state index in [1.807, 2.05) is 42.5 Å². The molecular formula is C14H12Cl2O. The van der Waals surface area contributed by atoms with Gasteiger partial charge in [0.1, 0.15) is 0 Å². The normalized spacial score (nSPS) is 12.4. The van der Waals surface area contributed by atoms with Crippen LogP contribution in [-0.2, 0) is 6.42 Å². The summed E-state index contributed by atoms with van der Waals surface area (Å²) in [6, 6.07) is 15.0. The smallest absolute Gasteiger partial charge is 0.0830 e. The maximum absolute atomic E-state index is 10.1. The van der Waals surface area contributed by atoms with Gasteiger partial charge < -0.3 is 5.11 Å². The van der Waals surface area contributed by atoms with Gasteiger partial charge in [0.15, 0.2) is 0 Å². The van der Waals surface area contributed by atoms with Crippen molar-refractivity contribution in [2.45, 2.75) is 12.5 Å². The standard InChI is InChI=1S/C14H12Cl2O/c15-12-8-4-7-11(14(12)16)9-13(17)10-5-2-1-3-6-10/h1-8,13,17H,9H2. The van der Waals surface area contributed by atoms with Crippen LogP contribution in [0.4, 0.5) is 0 Å². The lowest BCUT2D eigenvalue weighted by Crippen LogP contribution is -2.02. The highest BCUT2D eigenvalue weighted by molar-refractivity contribution is 6.42. The second-order valence-electron chi connectivity index (χ2n) is 3.84. The predicted molar refractivity (Wildman–Crippen MR) is 71.6 cm³/mol. The Bertz CT molecular complexity index is 497. The average molecular weight is 267 g/mol. The fraction of sp³-hybridized carbons (Fsp3) is 0.143. The zero-order chi connectivity index (χ0) is 12.3. The van der Waals surface area contributed by atoms with Crippen LogP contribution < -0.4 is 0 Å². The van der Waals surface area contributed by atoms with Crippen molar-refractivity contribution in [1.29, 1.82) is 0 Å². The van der Waals surface area contributed by atoms with Gasteiger partial charge in [0.05, 0.1) is 16.1 Å². The van der Waals surface area contributed by atoms with Crippen molar-refractivity contribution in [3.05, 3.63) is 69.7 Å². The van der Waals surface area contributed by atoms with Gasteiger partial charge in [0, 0.05) is 6.42 Å². The first-order chi connectivity index (χ1) is 8.18. The van der Waals surface area contributed by atoms with Gasteiger partial charge in [0.2, 0.25) is 0 Å². The topological polar surface area (TPSA) is 20.2 Å².